The number of likely N-dealkylation sites (tertiary alicyclic amines) is 1. The molecular weight excluding hydrogens is 306 g/mol. The molecule has 2 saturated heterocycles. The first-order valence-electron chi connectivity index (χ1n) is 9.82. The maximum atomic E-state index is 3.54. The third-order valence-electron chi connectivity index (χ3n) is 6.28. The van der Waals surface area contributed by atoms with Gasteiger partial charge in [0.25, 0.3) is 0 Å². The van der Waals surface area contributed by atoms with Crippen LogP contribution in [-0.4, -0.2) is 62.2 Å². The normalized spacial score (nSPS) is 29.9. The summed E-state index contributed by atoms with van der Waals surface area (Å²) in [7, 11) is 0. The van der Waals surface area contributed by atoms with Crippen LogP contribution in [0.2, 0.25) is 0 Å². The maximum Gasteiger partial charge on any atom is 0.00480 e. The molecule has 1 aliphatic carbocycles. The fourth-order valence-electron chi connectivity index (χ4n) is 4.39. The lowest BCUT2D eigenvalue weighted by Gasteiger charge is -2.37. The lowest BCUT2D eigenvalue weighted by atomic mass is 9.87. The van der Waals surface area contributed by atoms with E-state index in [1.807, 2.05) is 0 Å². The zero-order valence-electron chi connectivity index (χ0n) is 15.4. The molecular formula is C19H38ClN3. The van der Waals surface area contributed by atoms with Gasteiger partial charge in [-0.15, -0.1) is 12.4 Å². The summed E-state index contributed by atoms with van der Waals surface area (Å²) in [5.74, 6) is 2.03. The summed E-state index contributed by atoms with van der Waals surface area (Å²) in [5, 5.41) is 3.54. The Balaban J connectivity index is 0.00000192. The lowest BCUT2D eigenvalue weighted by molar-refractivity contribution is 0.119. The van der Waals surface area contributed by atoms with Crippen molar-refractivity contribution in [2.75, 3.05) is 52.4 Å². The fourth-order valence-corrected chi connectivity index (χ4v) is 4.39. The van der Waals surface area contributed by atoms with Crippen LogP contribution in [0.3, 0.4) is 0 Å². The Morgan fingerprint density at radius 2 is 1.87 bits per heavy atom. The summed E-state index contributed by atoms with van der Waals surface area (Å²) in [5.41, 5.74) is 0.538. The Labute approximate surface area is 150 Å². The molecule has 1 unspecified atom stereocenters. The van der Waals surface area contributed by atoms with Crippen molar-refractivity contribution in [2.45, 2.75) is 52.4 Å². The van der Waals surface area contributed by atoms with Crippen molar-refractivity contribution in [3.05, 3.63) is 0 Å². The standard InChI is InChI=1S/C19H37N3.ClH/c1-3-21(14-18-4-5-18)11-6-17-7-12-22(13-8-17)16-19(2)9-10-20-15-19;/h17-18,20H,3-16H2,1-2H3;1H. The first-order chi connectivity index (χ1) is 10.7. The quantitative estimate of drug-likeness (QED) is 0.730. The molecule has 2 heterocycles. The van der Waals surface area contributed by atoms with E-state index in [1.165, 1.54) is 90.9 Å². The van der Waals surface area contributed by atoms with Gasteiger partial charge >= 0.3 is 0 Å². The highest BCUT2D eigenvalue weighted by molar-refractivity contribution is 5.85. The molecule has 1 atom stereocenters. The van der Waals surface area contributed by atoms with Crippen LogP contribution in [0.4, 0.5) is 0 Å². The average molecular weight is 344 g/mol. The Morgan fingerprint density at radius 1 is 1.13 bits per heavy atom. The van der Waals surface area contributed by atoms with Crippen LogP contribution in [0.5, 0.6) is 0 Å². The molecule has 3 aliphatic rings. The third kappa shape index (κ3) is 6.19. The fraction of sp³-hybridized carbons (Fsp3) is 1.00. The number of halogens is 1. The summed E-state index contributed by atoms with van der Waals surface area (Å²) in [4.78, 5) is 5.45. The molecule has 2 aliphatic heterocycles. The van der Waals surface area contributed by atoms with E-state index in [-0.39, 0.29) is 12.4 Å². The van der Waals surface area contributed by atoms with Gasteiger partial charge in [-0.25, -0.2) is 0 Å². The molecule has 3 rings (SSSR count). The van der Waals surface area contributed by atoms with Crippen molar-refractivity contribution in [1.82, 2.24) is 15.1 Å². The van der Waals surface area contributed by atoms with Crippen molar-refractivity contribution < 1.29 is 0 Å². The van der Waals surface area contributed by atoms with E-state index >= 15 is 0 Å². The molecule has 3 nitrogen and oxygen atoms in total. The van der Waals surface area contributed by atoms with E-state index in [0.29, 0.717) is 5.41 Å². The molecule has 0 aromatic carbocycles. The summed E-state index contributed by atoms with van der Waals surface area (Å²) >= 11 is 0. The van der Waals surface area contributed by atoms with Crippen LogP contribution in [0, 0.1) is 17.3 Å². The van der Waals surface area contributed by atoms with Crippen molar-refractivity contribution >= 4 is 12.4 Å². The number of piperidine rings is 1. The Kier molecular flexibility index (Phi) is 7.65. The third-order valence-corrected chi connectivity index (χ3v) is 6.28. The second kappa shape index (κ2) is 9.03. The minimum absolute atomic E-state index is 0. The number of nitrogens with zero attached hydrogens (tertiary/aromatic N) is 2. The molecule has 1 saturated carbocycles. The van der Waals surface area contributed by atoms with Gasteiger partial charge in [-0.05, 0) is 88.5 Å². The summed E-state index contributed by atoms with van der Waals surface area (Å²) < 4.78 is 0. The smallest absolute Gasteiger partial charge is 0.00480 e. The molecule has 1 N–H and O–H groups in total. The zero-order chi connectivity index (χ0) is 15.4. The molecule has 0 spiro atoms. The number of rotatable bonds is 8. The molecule has 3 fully saturated rings. The SMILES string of the molecule is CCN(CCC1CCN(CC2(C)CCNC2)CC1)CC1CC1.Cl. The second-order valence-corrected chi connectivity index (χ2v) is 8.58. The van der Waals surface area contributed by atoms with Gasteiger partial charge < -0.3 is 15.1 Å². The van der Waals surface area contributed by atoms with E-state index in [2.05, 4.69) is 29.0 Å². The van der Waals surface area contributed by atoms with Crippen LogP contribution < -0.4 is 5.32 Å². The van der Waals surface area contributed by atoms with Gasteiger partial charge in [0, 0.05) is 19.6 Å². The average Bonchev–Trinajstić information content (AvgIpc) is 3.25. The Morgan fingerprint density at radius 3 is 2.43 bits per heavy atom. The molecule has 0 aromatic rings. The largest absolute Gasteiger partial charge is 0.316 e. The maximum absolute atomic E-state index is 3.54. The highest BCUT2D eigenvalue weighted by atomic mass is 35.5. The molecule has 0 aromatic heterocycles. The van der Waals surface area contributed by atoms with Crippen molar-refractivity contribution in [3.8, 4) is 0 Å². The first kappa shape index (κ1) is 19.5. The Bertz CT molecular complexity index is 332. The number of hydrogen-bond donors (Lipinski definition) is 1. The second-order valence-electron chi connectivity index (χ2n) is 8.58. The van der Waals surface area contributed by atoms with Crippen LogP contribution in [0.25, 0.3) is 0 Å². The first-order valence-corrected chi connectivity index (χ1v) is 9.82. The van der Waals surface area contributed by atoms with E-state index < -0.39 is 0 Å². The van der Waals surface area contributed by atoms with E-state index in [9.17, 15) is 0 Å². The predicted molar refractivity (Wildman–Crippen MR) is 101 cm³/mol. The zero-order valence-corrected chi connectivity index (χ0v) is 16.2. The van der Waals surface area contributed by atoms with Crippen LogP contribution >= 0.6 is 12.4 Å². The van der Waals surface area contributed by atoms with Gasteiger partial charge in [-0.2, -0.15) is 0 Å². The molecule has 4 heteroatoms. The predicted octanol–water partition coefficient (Wildman–Crippen LogP) is 3.24. The summed E-state index contributed by atoms with van der Waals surface area (Å²) in [6.07, 6.45) is 8.65. The molecule has 0 radical (unpaired) electrons. The van der Waals surface area contributed by atoms with Gasteiger partial charge in [-0.1, -0.05) is 13.8 Å². The molecule has 136 valence electrons. The van der Waals surface area contributed by atoms with Gasteiger partial charge in [0.05, 0.1) is 0 Å². The van der Waals surface area contributed by atoms with E-state index in [4.69, 9.17) is 0 Å². The highest BCUT2D eigenvalue weighted by Gasteiger charge is 2.32. The van der Waals surface area contributed by atoms with E-state index in [0.717, 1.165) is 11.8 Å². The topological polar surface area (TPSA) is 18.5 Å². The van der Waals surface area contributed by atoms with Gasteiger partial charge in [0.2, 0.25) is 0 Å². The van der Waals surface area contributed by atoms with Gasteiger partial charge in [0.1, 0.15) is 0 Å². The van der Waals surface area contributed by atoms with Gasteiger partial charge in [-0.3, -0.25) is 0 Å². The summed E-state index contributed by atoms with van der Waals surface area (Å²) in [6.45, 7) is 15.2. The van der Waals surface area contributed by atoms with Crippen molar-refractivity contribution in [3.63, 3.8) is 0 Å². The minimum Gasteiger partial charge on any atom is -0.316 e. The molecule has 23 heavy (non-hydrogen) atoms. The van der Waals surface area contributed by atoms with Crippen LogP contribution in [-0.2, 0) is 0 Å². The Hall–Kier alpha value is 0.170. The monoisotopic (exact) mass is 343 g/mol. The lowest BCUT2D eigenvalue weighted by Crippen LogP contribution is -2.42. The summed E-state index contributed by atoms with van der Waals surface area (Å²) in [6, 6.07) is 0. The van der Waals surface area contributed by atoms with Crippen molar-refractivity contribution in [1.29, 1.82) is 0 Å². The minimum atomic E-state index is 0. The van der Waals surface area contributed by atoms with Crippen molar-refractivity contribution in [2.24, 2.45) is 17.3 Å². The highest BCUT2D eigenvalue weighted by Crippen LogP contribution is 2.31. The van der Waals surface area contributed by atoms with Gasteiger partial charge in [0.15, 0.2) is 0 Å². The van der Waals surface area contributed by atoms with Crippen LogP contribution in [0.1, 0.15) is 52.4 Å². The van der Waals surface area contributed by atoms with E-state index in [1.54, 1.807) is 0 Å². The molecule has 0 amide bonds. The number of nitrogens with one attached hydrogen (secondary N) is 1. The van der Waals surface area contributed by atoms with Crippen LogP contribution in [0.15, 0.2) is 0 Å². The number of hydrogen-bond acceptors (Lipinski definition) is 3. The molecule has 0 bridgehead atoms.